The lowest BCUT2D eigenvalue weighted by Gasteiger charge is -2.14. The van der Waals surface area contributed by atoms with Gasteiger partial charge in [-0.15, -0.1) is 23.1 Å². The molecule has 2 rings (SSSR count). The molecule has 1 aromatic carbocycles. The van der Waals surface area contributed by atoms with E-state index in [0.717, 1.165) is 21.1 Å². The first-order valence-corrected chi connectivity index (χ1v) is 9.20. The highest BCUT2D eigenvalue weighted by atomic mass is 79.9. The first-order chi connectivity index (χ1) is 9.17. The van der Waals surface area contributed by atoms with Crippen LogP contribution >= 0.6 is 55.0 Å². The van der Waals surface area contributed by atoms with Crippen LogP contribution < -0.4 is 11.3 Å². The second-order valence-corrected chi connectivity index (χ2v) is 7.98. The fourth-order valence-corrected chi connectivity index (χ4v) is 4.33. The van der Waals surface area contributed by atoms with Gasteiger partial charge in [-0.25, -0.2) is 0 Å². The van der Waals surface area contributed by atoms with E-state index in [0.29, 0.717) is 0 Å². The number of halogens is 2. The molecule has 0 fully saturated rings. The minimum atomic E-state index is 0.277. The van der Waals surface area contributed by atoms with Gasteiger partial charge < -0.3 is 0 Å². The summed E-state index contributed by atoms with van der Waals surface area (Å²) in [5.74, 6) is 6.59. The number of nitrogens with two attached hydrogens (primary N) is 1. The molecule has 0 saturated heterocycles. The fourth-order valence-electron chi connectivity index (χ4n) is 1.60. The van der Waals surface area contributed by atoms with Gasteiger partial charge in [0.2, 0.25) is 0 Å². The maximum Gasteiger partial charge on any atom is 0.0352 e. The summed E-state index contributed by atoms with van der Waals surface area (Å²) < 4.78 is 2.25. The van der Waals surface area contributed by atoms with Crippen molar-refractivity contribution in [2.24, 2.45) is 5.84 Å². The van der Waals surface area contributed by atoms with Gasteiger partial charge >= 0.3 is 0 Å². The Balaban J connectivity index is 1.87. The predicted molar refractivity (Wildman–Crippen MR) is 91.7 cm³/mol. The molecule has 1 atom stereocenters. The van der Waals surface area contributed by atoms with Crippen molar-refractivity contribution in [3.8, 4) is 0 Å². The number of hydrazine groups is 1. The van der Waals surface area contributed by atoms with Crippen LogP contribution in [0.2, 0.25) is 0 Å². The van der Waals surface area contributed by atoms with Crippen molar-refractivity contribution in [2.45, 2.75) is 17.4 Å². The molecule has 6 heteroatoms. The highest BCUT2D eigenvalue weighted by molar-refractivity contribution is 9.10. The Morgan fingerprint density at radius 3 is 2.53 bits per heavy atom. The molecular weight excluding hydrogens is 408 g/mol. The minimum Gasteiger partial charge on any atom is -0.271 e. The molecule has 0 aliphatic heterocycles. The number of hydrogen-bond acceptors (Lipinski definition) is 4. The van der Waals surface area contributed by atoms with E-state index in [1.165, 1.54) is 9.77 Å². The summed E-state index contributed by atoms with van der Waals surface area (Å²) in [7, 11) is 0. The molecule has 102 valence electrons. The molecule has 0 bridgehead atoms. The van der Waals surface area contributed by atoms with Crippen LogP contribution in [-0.2, 0) is 6.42 Å². The van der Waals surface area contributed by atoms with Gasteiger partial charge in [-0.2, -0.15) is 0 Å². The molecule has 0 radical (unpaired) electrons. The largest absolute Gasteiger partial charge is 0.271 e. The third-order valence-electron chi connectivity index (χ3n) is 2.57. The average Bonchev–Trinajstić information content (AvgIpc) is 2.82. The topological polar surface area (TPSA) is 38.0 Å². The van der Waals surface area contributed by atoms with Crippen LogP contribution in [0.5, 0.6) is 0 Å². The normalized spacial score (nSPS) is 12.6. The lowest BCUT2D eigenvalue weighted by Crippen LogP contribution is -2.38. The quantitative estimate of drug-likeness (QED) is 0.411. The minimum absolute atomic E-state index is 0.277. The molecule has 1 aromatic heterocycles. The maximum atomic E-state index is 5.64. The Kier molecular flexibility index (Phi) is 6.38. The lowest BCUT2D eigenvalue weighted by molar-refractivity contribution is 0.579. The van der Waals surface area contributed by atoms with Gasteiger partial charge in [0.15, 0.2) is 0 Å². The van der Waals surface area contributed by atoms with Gasteiger partial charge in [-0.1, -0.05) is 15.9 Å². The van der Waals surface area contributed by atoms with Crippen molar-refractivity contribution in [1.29, 1.82) is 0 Å². The van der Waals surface area contributed by atoms with Crippen LogP contribution in [0, 0.1) is 0 Å². The van der Waals surface area contributed by atoms with Crippen LogP contribution in [0.25, 0.3) is 0 Å². The van der Waals surface area contributed by atoms with E-state index in [-0.39, 0.29) is 6.04 Å². The molecule has 1 unspecified atom stereocenters. The third kappa shape index (κ3) is 5.21. The van der Waals surface area contributed by atoms with Gasteiger partial charge in [0, 0.05) is 35.9 Å². The predicted octanol–water partition coefficient (Wildman–Crippen LogP) is 4.44. The summed E-state index contributed by atoms with van der Waals surface area (Å²) in [4.78, 5) is 2.60. The van der Waals surface area contributed by atoms with E-state index >= 15 is 0 Å². The molecule has 0 aliphatic rings. The summed E-state index contributed by atoms with van der Waals surface area (Å²) in [6, 6.07) is 10.8. The van der Waals surface area contributed by atoms with E-state index in [2.05, 4.69) is 73.0 Å². The molecular formula is C13H14Br2N2S2. The molecule has 0 amide bonds. The summed E-state index contributed by atoms with van der Waals surface area (Å²) in [6.07, 6.45) is 0.955. The Hall–Kier alpha value is 0.150. The van der Waals surface area contributed by atoms with Crippen LogP contribution in [0.3, 0.4) is 0 Å². The van der Waals surface area contributed by atoms with Crippen molar-refractivity contribution in [3.63, 3.8) is 0 Å². The zero-order chi connectivity index (χ0) is 13.7. The number of thiophene rings is 1. The zero-order valence-corrected chi connectivity index (χ0v) is 14.9. The van der Waals surface area contributed by atoms with Gasteiger partial charge in [-0.05, 0) is 52.7 Å². The highest BCUT2D eigenvalue weighted by Crippen LogP contribution is 2.24. The first-order valence-electron chi connectivity index (χ1n) is 5.75. The average molecular weight is 422 g/mol. The second kappa shape index (κ2) is 7.81. The van der Waals surface area contributed by atoms with E-state index in [9.17, 15) is 0 Å². The smallest absolute Gasteiger partial charge is 0.0352 e. The first kappa shape index (κ1) is 15.5. The lowest BCUT2D eigenvalue weighted by atomic mass is 10.2. The van der Waals surface area contributed by atoms with Gasteiger partial charge in [0.05, 0.1) is 0 Å². The van der Waals surface area contributed by atoms with Crippen molar-refractivity contribution in [2.75, 3.05) is 5.75 Å². The Labute approximate surface area is 138 Å². The monoisotopic (exact) mass is 420 g/mol. The van der Waals surface area contributed by atoms with Gasteiger partial charge in [0.25, 0.3) is 0 Å². The molecule has 1 heterocycles. The highest BCUT2D eigenvalue weighted by Gasteiger charge is 2.10. The second-order valence-electron chi connectivity index (χ2n) is 4.06. The maximum absolute atomic E-state index is 5.64. The van der Waals surface area contributed by atoms with Gasteiger partial charge in [-0.3, -0.25) is 11.3 Å². The Bertz CT molecular complexity index is 514. The van der Waals surface area contributed by atoms with Crippen molar-refractivity contribution in [1.82, 2.24) is 5.43 Å². The SMILES string of the molecule is NNC(CSc1ccc(Br)cc1)Cc1cc(Br)cs1. The van der Waals surface area contributed by atoms with E-state index in [1.54, 1.807) is 11.3 Å². The molecule has 3 N–H and O–H groups in total. The molecule has 2 aromatic rings. The van der Waals surface area contributed by atoms with Crippen molar-refractivity contribution >= 4 is 55.0 Å². The van der Waals surface area contributed by atoms with Crippen molar-refractivity contribution in [3.05, 3.63) is 49.5 Å². The van der Waals surface area contributed by atoms with E-state index < -0.39 is 0 Å². The summed E-state index contributed by atoms with van der Waals surface area (Å²) in [5.41, 5.74) is 2.90. The summed E-state index contributed by atoms with van der Waals surface area (Å²) >= 11 is 10.5. The Morgan fingerprint density at radius 2 is 1.95 bits per heavy atom. The van der Waals surface area contributed by atoms with E-state index in [1.807, 2.05) is 11.8 Å². The van der Waals surface area contributed by atoms with Crippen LogP contribution in [0.1, 0.15) is 4.88 Å². The number of benzene rings is 1. The molecule has 19 heavy (non-hydrogen) atoms. The molecule has 2 nitrogen and oxygen atoms in total. The van der Waals surface area contributed by atoms with Gasteiger partial charge in [0.1, 0.15) is 0 Å². The molecule has 0 saturated carbocycles. The van der Waals surface area contributed by atoms with Crippen LogP contribution in [0.4, 0.5) is 0 Å². The third-order valence-corrected chi connectivity index (χ3v) is 5.99. The summed E-state index contributed by atoms with van der Waals surface area (Å²) in [5, 5.41) is 2.10. The van der Waals surface area contributed by atoms with E-state index in [4.69, 9.17) is 5.84 Å². The van der Waals surface area contributed by atoms with Crippen molar-refractivity contribution < 1.29 is 0 Å². The number of rotatable bonds is 6. The zero-order valence-electron chi connectivity index (χ0n) is 10.1. The molecule has 0 spiro atoms. The molecule has 0 aliphatic carbocycles. The Morgan fingerprint density at radius 1 is 1.21 bits per heavy atom. The number of thioether (sulfide) groups is 1. The number of nitrogens with one attached hydrogen (secondary N) is 1. The standard InChI is InChI=1S/C13H14Br2N2S2/c14-9-1-3-12(4-2-9)19-8-11(17-16)6-13-5-10(15)7-18-13/h1-5,7,11,17H,6,8,16H2. The fraction of sp³-hybridized carbons (Fsp3) is 0.231. The number of hydrogen-bond donors (Lipinski definition) is 2. The summed E-state index contributed by atoms with van der Waals surface area (Å²) in [6.45, 7) is 0. The van der Waals surface area contributed by atoms with Crippen LogP contribution in [0.15, 0.2) is 49.6 Å². The van der Waals surface area contributed by atoms with Crippen LogP contribution in [-0.4, -0.2) is 11.8 Å².